The van der Waals surface area contributed by atoms with Crippen molar-refractivity contribution in [3.8, 4) is 0 Å². The average Bonchev–Trinajstić information content (AvgIpc) is 2.70. The van der Waals surface area contributed by atoms with Gasteiger partial charge in [0.25, 0.3) is 5.91 Å². The molecule has 2 rings (SSSR count). The minimum Gasteiger partial charge on any atom is -0.399 e. The Bertz CT molecular complexity index is 646. The van der Waals surface area contributed by atoms with Crippen LogP contribution in [0.15, 0.2) is 24.3 Å². The van der Waals surface area contributed by atoms with Crippen LogP contribution in [0.4, 0.5) is 5.69 Å². The molecule has 0 aliphatic heterocycles. The van der Waals surface area contributed by atoms with E-state index in [0.29, 0.717) is 22.5 Å². The van der Waals surface area contributed by atoms with Crippen LogP contribution in [0, 0.1) is 13.8 Å². The van der Waals surface area contributed by atoms with E-state index in [1.165, 1.54) is 0 Å². The van der Waals surface area contributed by atoms with E-state index in [-0.39, 0.29) is 12.5 Å². The molecule has 0 saturated heterocycles. The molecule has 1 atom stereocenters. The number of benzene rings is 1. The second kappa shape index (κ2) is 5.97. The Morgan fingerprint density at radius 3 is 2.52 bits per heavy atom. The number of nitrogen functional groups attached to an aromatic ring is 1. The van der Waals surface area contributed by atoms with Gasteiger partial charge in [-0.2, -0.15) is 5.10 Å². The van der Waals surface area contributed by atoms with Gasteiger partial charge in [0.05, 0.1) is 17.4 Å². The first-order valence-corrected chi connectivity index (χ1v) is 6.72. The van der Waals surface area contributed by atoms with Crippen molar-refractivity contribution >= 4 is 11.6 Å². The van der Waals surface area contributed by atoms with Gasteiger partial charge in [-0.05, 0) is 31.5 Å². The molecule has 6 heteroatoms. The Labute approximate surface area is 123 Å². The number of nitrogens with zero attached hydrogens (tertiary/aromatic N) is 2. The maximum atomic E-state index is 12.2. The van der Waals surface area contributed by atoms with Crippen LogP contribution in [0.3, 0.4) is 0 Å². The highest BCUT2D eigenvalue weighted by atomic mass is 16.3. The molecule has 0 spiro atoms. The van der Waals surface area contributed by atoms with E-state index in [1.54, 1.807) is 42.9 Å². The molecule has 1 aromatic heterocycles. The summed E-state index contributed by atoms with van der Waals surface area (Å²) >= 11 is 0. The summed E-state index contributed by atoms with van der Waals surface area (Å²) in [5.74, 6) is -0.229. The van der Waals surface area contributed by atoms with Crippen LogP contribution in [0.2, 0.25) is 0 Å². The number of aliphatic hydroxyl groups excluding tert-OH is 1. The van der Waals surface area contributed by atoms with Gasteiger partial charge in [0.1, 0.15) is 0 Å². The van der Waals surface area contributed by atoms with E-state index in [2.05, 4.69) is 10.4 Å². The van der Waals surface area contributed by atoms with E-state index in [0.717, 1.165) is 5.69 Å². The minimum absolute atomic E-state index is 0.135. The van der Waals surface area contributed by atoms with Crippen LogP contribution in [0.1, 0.15) is 33.4 Å². The summed E-state index contributed by atoms with van der Waals surface area (Å²) < 4.78 is 1.67. The highest BCUT2D eigenvalue weighted by Crippen LogP contribution is 2.15. The molecule has 0 radical (unpaired) electrons. The number of carbonyl (C=O) groups is 1. The molecule has 1 aromatic carbocycles. The lowest BCUT2D eigenvalue weighted by molar-refractivity contribution is 0.0915. The van der Waals surface area contributed by atoms with Gasteiger partial charge in [-0.15, -0.1) is 0 Å². The number of carbonyl (C=O) groups excluding carboxylic acids is 1. The summed E-state index contributed by atoms with van der Waals surface area (Å²) in [6, 6.07) is 6.92. The first kappa shape index (κ1) is 15.1. The number of hydrogen-bond donors (Lipinski definition) is 3. The Morgan fingerprint density at radius 1 is 1.38 bits per heavy atom. The van der Waals surface area contributed by atoms with Crippen molar-refractivity contribution in [2.45, 2.75) is 20.0 Å². The molecule has 21 heavy (non-hydrogen) atoms. The smallest absolute Gasteiger partial charge is 0.255 e. The number of aromatic nitrogens is 2. The standard InChI is InChI=1S/C15H20N4O2/c1-9-14(10(2)19(3)18-9)15(21)17-8-13(20)11-4-6-12(16)7-5-11/h4-7,13,20H,8,16H2,1-3H3,(H,17,21). The second-order valence-corrected chi connectivity index (χ2v) is 5.06. The normalized spacial score (nSPS) is 12.2. The Balaban J connectivity index is 2.02. The lowest BCUT2D eigenvalue weighted by atomic mass is 10.1. The molecule has 1 heterocycles. The fraction of sp³-hybridized carbons (Fsp3) is 0.333. The third kappa shape index (κ3) is 3.22. The van der Waals surface area contributed by atoms with Crippen LogP contribution in [-0.2, 0) is 7.05 Å². The van der Waals surface area contributed by atoms with Crippen molar-refractivity contribution in [1.29, 1.82) is 0 Å². The molecule has 1 amide bonds. The SMILES string of the molecule is Cc1nn(C)c(C)c1C(=O)NCC(O)c1ccc(N)cc1. The van der Waals surface area contributed by atoms with Crippen molar-refractivity contribution in [3.63, 3.8) is 0 Å². The summed E-state index contributed by atoms with van der Waals surface area (Å²) in [6.07, 6.45) is -0.771. The maximum absolute atomic E-state index is 12.2. The molecule has 0 saturated carbocycles. The molecule has 1 unspecified atom stereocenters. The van der Waals surface area contributed by atoms with E-state index in [9.17, 15) is 9.90 Å². The van der Waals surface area contributed by atoms with Crippen LogP contribution >= 0.6 is 0 Å². The number of aryl methyl sites for hydroxylation is 2. The van der Waals surface area contributed by atoms with Crippen LogP contribution in [0.5, 0.6) is 0 Å². The third-order valence-electron chi connectivity index (χ3n) is 3.51. The lowest BCUT2D eigenvalue weighted by Gasteiger charge is -2.12. The zero-order valence-corrected chi connectivity index (χ0v) is 12.4. The number of nitrogens with one attached hydrogen (secondary N) is 1. The molecule has 6 nitrogen and oxygen atoms in total. The van der Waals surface area contributed by atoms with Crippen molar-refractivity contribution in [2.24, 2.45) is 7.05 Å². The van der Waals surface area contributed by atoms with Gasteiger partial charge in [0.2, 0.25) is 0 Å². The molecule has 0 bridgehead atoms. The molecular weight excluding hydrogens is 268 g/mol. The number of anilines is 1. The molecule has 0 aliphatic rings. The lowest BCUT2D eigenvalue weighted by Crippen LogP contribution is -2.29. The van der Waals surface area contributed by atoms with Gasteiger partial charge in [-0.25, -0.2) is 0 Å². The Hall–Kier alpha value is -2.34. The molecule has 4 N–H and O–H groups in total. The van der Waals surface area contributed by atoms with Gasteiger partial charge in [0, 0.05) is 25.0 Å². The average molecular weight is 288 g/mol. The number of hydrogen-bond acceptors (Lipinski definition) is 4. The Morgan fingerprint density at radius 2 is 2.00 bits per heavy atom. The van der Waals surface area contributed by atoms with Crippen molar-refractivity contribution < 1.29 is 9.90 Å². The highest BCUT2D eigenvalue weighted by molar-refractivity contribution is 5.96. The van der Waals surface area contributed by atoms with Crippen molar-refractivity contribution in [1.82, 2.24) is 15.1 Å². The largest absolute Gasteiger partial charge is 0.399 e. The minimum atomic E-state index is -0.771. The first-order valence-electron chi connectivity index (χ1n) is 6.72. The van der Waals surface area contributed by atoms with Gasteiger partial charge >= 0.3 is 0 Å². The first-order chi connectivity index (χ1) is 9.90. The van der Waals surface area contributed by atoms with Crippen LogP contribution in [0.25, 0.3) is 0 Å². The predicted molar refractivity (Wildman–Crippen MR) is 80.8 cm³/mol. The van der Waals surface area contributed by atoms with E-state index >= 15 is 0 Å². The molecular formula is C15H20N4O2. The zero-order chi connectivity index (χ0) is 15.6. The van der Waals surface area contributed by atoms with Gasteiger partial charge < -0.3 is 16.2 Å². The molecule has 0 aliphatic carbocycles. The highest BCUT2D eigenvalue weighted by Gasteiger charge is 2.18. The second-order valence-electron chi connectivity index (χ2n) is 5.06. The quantitative estimate of drug-likeness (QED) is 0.734. The van der Waals surface area contributed by atoms with Gasteiger partial charge in [-0.1, -0.05) is 12.1 Å². The van der Waals surface area contributed by atoms with Crippen LogP contribution < -0.4 is 11.1 Å². The molecule has 112 valence electrons. The van der Waals surface area contributed by atoms with Crippen molar-refractivity contribution in [2.75, 3.05) is 12.3 Å². The van der Waals surface area contributed by atoms with Gasteiger partial charge in [-0.3, -0.25) is 9.48 Å². The van der Waals surface area contributed by atoms with Gasteiger partial charge in [0.15, 0.2) is 0 Å². The monoisotopic (exact) mass is 288 g/mol. The van der Waals surface area contributed by atoms with E-state index in [4.69, 9.17) is 5.73 Å². The topological polar surface area (TPSA) is 93.2 Å². The maximum Gasteiger partial charge on any atom is 0.255 e. The summed E-state index contributed by atoms with van der Waals surface area (Å²) in [7, 11) is 1.79. The fourth-order valence-corrected chi connectivity index (χ4v) is 2.22. The summed E-state index contributed by atoms with van der Waals surface area (Å²) in [5.41, 5.74) is 8.98. The third-order valence-corrected chi connectivity index (χ3v) is 3.51. The fourth-order valence-electron chi connectivity index (χ4n) is 2.22. The summed E-state index contributed by atoms with van der Waals surface area (Å²) in [4.78, 5) is 12.2. The Kier molecular flexibility index (Phi) is 4.28. The summed E-state index contributed by atoms with van der Waals surface area (Å²) in [5, 5.41) is 17.0. The number of aliphatic hydroxyl groups is 1. The number of amides is 1. The van der Waals surface area contributed by atoms with E-state index in [1.807, 2.05) is 6.92 Å². The van der Waals surface area contributed by atoms with Crippen molar-refractivity contribution in [3.05, 3.63) is 46.8 Å². The number of rotatable bonds is 4. The molecule has 0 fully saturated rings. The molecule has 2 aromatic rings. The van der Waals surface area contributed by atoms with Crippen LogP contribution in [-0.4, -0.2) is 27.3 Å². The number of nitrogens with two attached hydrogens (primary N) is 1. The summed E-state index contributed by atoms with van der Waals surface area (Å²) in [6.45, 7) is 3.76. The van der Waals surface area contributed by atoms with E-state index < -0.39 is 6.10 Å². The predicted octanol–water partition coefficient (Wildman–Crippen LogP) is 1.08. The zero-order valence-electron chi connectivity index (χ0n) is 12.4.